The fraction of sp³-hybridized carbons (Fsp3) is 0.750. The predicted octanol–water partition coefficient (Wildman–Crippen LogP) is 4.40. The van der Waals surface area contributed by atoms with Crippen LogP contribution in [-0.4, -0.2) is 9.97 Å². The van der Waals surface area contributed by atoms with Crippen LogP contribution in [0.5, 0.6) is 0 Å². The van der Waals surface area contributed by atoms with E-state index in [2.05, 4.69) is 41.4 Å². The molecule has 1 fully saturated rings. The number of aryl methyl sites for hydroxylation is 1. The maximum absolute atomic E-state index is 12.0. The quantitative estimate of drug-likeness (QED) is 0.760. The molecule has 1 N–H and O–H groups in total. The van der Waals surface area contributed by atoms with Gasteiger partial charge in [-0.05, 0) is 60.6 Å². The summed E-state index contributed by atoms with van der Waals surface area (Å²) in [4.78, 5) is 19.8. The lowest BCUT2D eigenvalue weighted by atomic mass is 9.80. The summed E-state index contributed by atoms with van der Waals surface area (Å²) in [6.45, 7) is 4.40. The molecule has 0 atom stereocenters. The molecule has 1 aliphatic carbocycles. The van der Waals surface area contributed by atoms with Gasteiger partial charge in [0.05, 0.1) is 9.26 Å². The molecule has 20 heavy (non-hydrogen) atoms. The highest BCUT2D eigenvalue weighted by atomic mass is 127. The number of rotatable bonds is 5. The molecule has 0 aromatic carbocycles. The van der Waals surface area contributed by atoms with Crippen molar-refractivity contribution < 1.29 is 0 Å². The van der Waals surface area contributed by atoms with Crippen molar-refractivity contribution in [3.63, 3.8) is 0 Å². The van der Waals surface area contributed by atoms with Crippen molar-refractivity contribution in [2.45, 2.75) is 71.1 Å². The Labute approximate surface area is 135 Å². The molecule has 0 spiro atoms. The first-order chi connectivity index (χ1) is 9.65. The summed E-state index contributed by atoms with van der Waals surface area (Å²) in [6.07, 6.45) is 9.52. The Morgan fingerprint density at radius 1 is 1.20 bits per heavy atom. The molecule has 0 bridgehead atoms. The summed E-state index contributed by atoms with van der Waals surface area (Å²) in [5.74, 6) is 2.29. The number of halogens is 1. The molecule has 1 saturated carbocycles. The van der Waals surface area contributed by atoms with E-state index >= 15 is 0 Å². The van der Waals surface area contributed by atoms with E-state index in [1.54, 1.807) is 0 Å². The van der Waals surface area contributed by atoms with Crippen molar-refractivity contribution in [1.29, 1.82) is 0 Å². The molecule has 0 amide bonds. The third-order valence-corrected chi connectivity index (χ3v) is 5.48. The topological polar surface area (TPSA) is 45.8 Å². The lowest BCUT2D eigenvalue weighted by Crippen LogP contribution is -2.22. The molecular weight excluding hydrogens is 363 g/mol. The average Bonchev–Trinajstić information content (AvgIpc) is 2.45. The number of hydrogen-bond donors (Lipinski definition) is 1. The Hall–Kier alpha value is -0.390. The van der Waals surface area contributed by atoms with Crippen LogP contribution in [0, 0.1) is 9.49 Å². The highest BCUT2D eigenvalue weighted by Crippen LogP contribution is 2.36. The molecular formula is C16H25IN2O. The molecule has 1 heterocycles. The standard InChI is InChI=1S/C16H25IN2O/c1-3-5-11-7-9-12(10-8-11)15-18-13(6-4-2)14(17)16(20)19-15/h11-12H,3-10H2,1-2H3,(H,18,19,20). The van der Waals surface area contributed by atoms with Crippen LogP contribution in [0.1, 0.15) is 76.2 Å². The maximum atomic E-state index is 12.0. The maximum Gasteiger partial charge on any atom is 0.264 e. The monoisotopic (exact) mass is 388 g/mol. The molecule has 0 radical (unpaired) electrons. The Morgan fingerprint density at radius 3 is 2.50 bits per heavy atom. The van der Waals surface area contributed by atoms with E-state index in [1.807, 2.05) is 0 Å². The van der Waals surface area contributed by atoms with Gasteiger partial charge in [-0.1, -0.05) is 33.1 Å². The number of hydrogen-bond acceptors (Lipinski definition) is 2. The Kier molecular flexibility index (Phi) is 6.05. The summed E-state index contributed by atoms with van der Waals surface area (Å²) in [5.41, 5.74) is 1.04. The van der Waals surface area contributed by atoms with Gasteiger partial charge in [0, 0.05) is 5.92 Å². The molecule has 1 aliphatic rings. The van der Waals surface area contributed by atoms with Crippen LogP contribution in [-0.2, 0) is 6.42 Å². The van der Waals surface area contributed by atoms with Gasteiger partial charge in [0.1, 0.15) is 5.82 Å². The van der Waals surface area contributed by atoms with Crippen LogP contribution in [0.3, 0.4) is 0 Å². The fourth-order valence-corrected chi connectivity index (χ4v) is 3.78. The zero-order valence-corrected chi connectivity index (χ0v) is 14.7. The van der Waals surface area contributed by atoms with Crippen LogP contribution in [0.15, 0.2) is 4.79 Å². The number of H-pyrrole nitrogens is 1. The van der Waals surface area contributed by atoms with Gasteiger partial charge in [0.2, 0.25) is 0 Å². The van der Waals surface area contributed by atoms with Crippen molar-refractivity contribution >= 4 is 22.6 Å². The first-order valence-electron chi connectivity index (χ1n) is 7.94. The Morgan fingerprint density at radius 2 is 1.90 bits per heavy atom. The zero-order chi connectivity index (χ0) is 14.5. The minimum atomic E-state index is 0.0507. The van der Waals surface area contributed by atoms with Crippen LogP contribution >= 0.6 is 22.6 Å². The van der Waals surface area contributed by atoms with Crippen molar-refractivity contribution in [2.75, 3.05) is 0 Å². The van der Waals surface area contributed by atoms with Crippen LogP contribution in [0.25, 0.3) is 0 Å². The summed E-state index contributed by atoms with van der Waals surface area (Å²) < 4.78 is 0.771. The lowest BCUT2D eigenvalue weighted by Gasteiger charge is -2.27. The number of nitrogens with one attached hydrogen (secondary N) is 1. The third-order valence-electron chi connectivity index (χ3n) is 4.37. The molecule has 112 valence electrons. The van der Waals surface area contributed by atoms with E-state index < -0.39 is 0 Å². The summed E-state index contributed by atoms with van der Waals surface area (Å²) >= 11 is 2.12. The van der Waals surface area contributed by atoms with Gasteiger partial charge in [-0.2, -0.15) is 0 Å². The van der Waals surface area contributed by atoms with Gasteiger partial charge in [0.15, 0.2) is 0 Å². The normalized spacial score (nSPS) is 22.9. The van der Waals surface area contributed by atoms with Gasteiger partial charge in [-0.3, -0.25) is 4.79 Å². The van der Waals surface area contributed by atoms with Gasteiger partial charge < -0.3 is 4.98 Å². The first kappa shape index (κ1) is 16.0. The van der Waals surface area contributed by atoms with E-state index in [0.717, 1.165) is 33.8 Å². The van der Waals surface area contributed by atoms with Crippen LogP contribution in [0.2, 0.25) is 0 Å². The third kappa shape index (κ3) is 3.83. The minimum Gasteiger partial charge on any atom is -0.309 e. The summed E-state index contributed by atoms with van der Waals surface area (Å²) in [7, 11) is 0. The number of nitrogens with zero attached hydrogens (tertiary/aromatic N) is 1. The molecule has 0 unspecified atom stereocenters. The summed E-state index contributed by atoms with van der Waals surface area (Å²) in [5, 5.41) is 0. The Bertz CT molecular complexity index is 490. The summed E-state index contributed by atoms with van der Waals surface area (Å²) in [6, 6.07) is 0. The fourth-order valence-electron chi connectivity index (χ4n) is 3.25. The van der Waals surface area contributed by atoms with E-state index in [1.165, 1.54) is 38.5 Å². The minimum absolute atomic E-state index is 0.0507. The second-order valence-corrected chi connectivity index (χ2v) is 7.05. The van der Waals surface area contributed by atoms with Gasteiger partial charge in [-0.25, -0.2) is 4.98 Å². The lowest BCUT2D eigenvalue weighted by molar-refractivity contribution is 0.301. The molecule has 3 nitrogen and oxygen atoms in total. The number of aromatic nitrogens is 2. The second kappa shape index (κ2) is 7.57. The highest BCUT2D eigenvalue weighted by Gasteiger charge is 2.24. The largest absolute Gasteiger partial charge is 0.309 e. The SMILES string of the molecule is CCCc1nc(C2CCC(CCC)CC2)[nH]c(=O)c1I. The van der Waals surface area contributed by atoms with E-state index in [9.17, 15) is 4.79 Å². The van der Waals surface area contributed by atoms with Gasteiger partial charge in [0.25, 0.3) is 5.56 Å². The second-order valence-electron chi connectivity index (χ2n) is 5.97. The first-order valence-corrected chi connectivity index (χ1v) is 9.02. The molecule has 0 saturated heterocycles. The predicted molar refractivity (Wildman–Crippen MR) is 91.2 cm³/mol. The van der Waals surface area contributed by atoms with Crippen molar-refractivity contribution in [3.05, 3.63) is 25.4 Å². The van der Waals surface area contributed by atoms with E-state index in [-0.39, 0.29) is 5.56 Å². The van der Waals surface area contributed by atoms with Crippen molar-refractivity contribution in [1.82, 2.24) is 9.97 Å². The Balaban J connectivity index is 2.12. The molecule has 0 aliphatic heterocycles. The van der Waals surface area contributed by atoms with Gasteiger partial charge in [-0.15, -0.1) is 0 Å². The molecule has 4 heteroatoms. The average molecular weight is 388 g/mol. The van der Waals surface area contributed by atoms with E-state index in [0.29, 0.717) is 5.92 Å². The number of aromatic amines is 1. The van der Waals surface area contributed by atoms with Gasteiger partial charge >= 0.3 is 0 Å². The van der Waals surface area contributed by atoms with Crippen molar-refractivity contribution in [3.8, 4) is 0 Å². The zero-order valence-electron chi connectivity index (χ0n) is 12.5. The molecule has 1 aromatic rings. The highest BCUT2D eigenvalue weighted by molar-refractivity contribution is 14.1. The van der Waals surface area contributed by atoms with E-state index in [4.69, 9.17) is 4.98 Å². The molecule has 2 rings (SSSR count). The van der Waals surface area contributed by atoms with Crippen LogP contribution in [0.4, 0.5) is 0 Å². The molecule has 1 aromatic heterocycles. The van der Waals surface area contributed by atoms with Crippen LogP contribution < -0.4 is 5.56 Å². The smallest absolute Gasteiger partial charge is 0.264 e. The van der Waals surface area contributed by atoms with Crippen molar-refractivity contribution in [2.24, 2.45) is 5.92 Å².